The zero-order chi connectivity index (χ0) is 6.81. The van der Waals surface area contributed by atoms with E-state index in [4.69, 9.17) is 0 Å². The van der Waals surface area contributed by atoms with Crippen molar-refractivity contribution in [1.29, 1.82) is 0 Å². The second-order valence-electron chi connectivity index (χ2n) is 2.63. The molecule has 10 heavy (non-hydrogen) atoms. The van der Waals surface area contributed by atoms with E-state index < -0.39 is 0 Å². The Balaban J connectivity index is 1.93. The summed E-state index contributed by atoms with van der Waals surface area (Å²) in [4.78, 5) is 4.10. The van der Waals surface area contributed by atoms with Crippen LogP contribution in [-0.4, -0.2) is 31.5 Å². The maximum Gasteiger partial charge on any atom is 0.0828 e. The Morgan fingerprint density at radius 1 is 1.50 bits per heavy atom. The molecule has 3 heteroatoms. The van der Waals surface area contributed by atoms with Crippen LogP contribution in [-0.2, 0) is 0 Å². The van der Waals surface area contributed by atoms with Gasteiger partial charge in [0.1, 0.15) is 0 Å². The fraction of sp³-hybridized carbons (Fsp3) is 0.571. The first-order valence-electron chi connectivity index (χ1n) is 3.61. The first-order chi connectivity index (χ1) is 4.97. The van der Waals surface area contributed by atoms with Gasteiger partial charge in [0, 0.05) is 12.6 Å². The van der Waals surface area contributed by atoms with Crippen LogP contribution in [0.1, 0.15) is 0 Å². The molecular weight excluding hydrogens is 126 g/mol. The summed E-state index contributed by atoms with van der Waals surface area (Å²) in [6.07, 6.45) is 6.15. The van der Waals surface area contributed by atoms with Crippen molar-refractivity contribution in [1.82, 2.24) is 10.6 Å². The Morgan fingerprint density at radius 2 is 2.50 bits per heavy atom. The summed E-state index contributed by atoms with van der Waals surface area (Å²) in [5.74, 6) is 0. The lowest BCUT2D eigenvalue weighted by atomic mass is 10.1. The van der Waals surface area contributed by atoms with Gasteiger partial charge in [-0.15, -0.1) is 0 Å². The second kappa shape index (κ2) is 2.42. The molecule has 2 aliphatic heterocycles. The van der Waals surface area contributed by atoms with Crippen LogP contribution in [0.3, 0.4) is 0 Å². The molecule has 2 rings (SSSR count). The maximum atomic E-state index is 4.10. The van der Waals surface area contributed by atoms with Crippen LogP contribution in [0.4, 0.5) is 0 Å². The Kier molecular flexibility index (Phi) is 1.43. The van der Waals surface area contributed by atoms with Crippen molar-refractivity contribution in [3.05, 3.63) is 12.2 Å². The van der Waals surface area contributed by atoms with Crippen LogP contribution in [0.5, 0.6) is 0 Å². The maximum absolute atomic E-state index is 4.10. The van der Waals surface area contributed by atoms with Crippen LogP contribution in [0.25, 0.3) is 0 Å². The molecule has 2 heterocycles. The van der Waals surface area contributed by atoms with Crippen molar-refractivity contribution < 1.29 is 0 Å². The van der Waals surface area contributed by atoms with E-state index in [9.17, 15) is 0 Å². The molecule has 2 unspecified atom stereocenters. The zero-order valence-electron chi connectivity index (χ0n) is 5.75. The van der Waals surface area contributed by atoms with E-state index in [-0.39, 0.29) is 0 Å². The topological polar surface area (TPSA) is 36.4 Å². The van der Waals surface area contributed by atoms with Crippen molar-refractivity contribution in [2.45, 2.75) is 12.1 Å². The SMILES string of the molecule is C1=CC(C2CN=CN2)NC1. The smallest absolute Gasteiger partial charge is 0.0828 e. The standard InChI is InChI=1S/C7H11N3/c1-2-6(9-3-1)7-4-8-5-10-7/h1-2,5-7,9H,3-4H2,(H,8,10). The van der Waals surface area contributed by atoms with E-state index in [0.29, 0.717) is 12.1 Å². The van der Waals surface area contributed by atoms with Crippen LogP contribution < -0.4 is 10.6 Å². The summed E-state index contributed by atoms with van der Waals surface area (Å²) in [5.41, 5.74) is 0. The van der Waals surface area contributed by atoms with Gasteiger partial charge in [-0.1, -0.05) is 12.2 Å². The van der Waals surface area contributed by atoms with Gasteiger partial charge >= 0.3 is 0 Å². The predicted octanol–water partition coefficient (Wildman–Crippen LogP) is -0.486. The van der Waals surface area contributed by atoms with Crippen LogP contribution >= 0.6 is 0 Å². The van der Waals surface area contributed by atoms with Gasteiger partial charge in [-0.05, 0) is 0 Å². The summed E-state index contributed by atoms with van der Waals surface area (Å²) >= 11 is 0. The summed E-state index contributed by atoms with van der Waals surface area (Å²) in [7, 11) is 0. The van der Waals surface area contributed by atoms with Gasteiger partial charge in [0.15, 0.2) is 0 Å². The molecule has 2 N–H and O–H groups in total. The molecule has 0 aliphatic carbocycles. The molecule has 0 saturated carbocycles. The normalized spacial score (nSPS) is 36.8. The molecule has 2 atom stereocenters. The van der Waals surface area contributed by atoms with Crippen LogP contribution in [0.2, 0.25) is 0 Å². The summed E-state index contributed by atoms with van der Waals surface area (Å²) < 4.78 is 0. The van der Waals surface area contributed by atoms with Gasteiger partial charge in [0.2, 0.25) is 0 Å². The number of nitrogens with zero attached hydrogens (tertiary/aromatic N) is 1. The summed E-state index contributed by atoms with van der Waals surface area (Å²) in [6, 6.07) is 0.973. The average molecular weight is 137 g/mol. The van der Waals surface area contributed by atoms with Crippen molar-refractivity contribution in [2.24, 2.45) is 4.99 Å². The van der Waals surface area contributed by atoms with Gasteiger partial charge < -0.3 is 10.6 Å². The van der Waals surface area contributed by atoms with Crippen LogP contribution in [0, 0.1) is 0 Å². The molecule has 2 aliphatic rings. The molecule has 0 amide bonds. The largest absolute Gasteiger partial charge is 0.370 e. The zero-order valence-corrected chi connectivity index (χ0v) is 5.75. The molecule has 54 valence electrons. The minimum absolute atomic E-state index is 0.485. The fourth-order valence-electron chi connectivity index (χ4n) is 1.35. The average Bonchev–Trinajstić information content (AvgIpc) is 2.59. The van der Waals surface area contributed by atoms with Crippen molar-refractivity contribution in [3.63, 3.8) is 0 Å². The number of rotatable bonds is 1. The lowest BCUT2D eigenvalue weighted by Gasteiger charge is -2.16. The first kappa shape index (κ1) is 5.92. The lowest BCUT2D eigenvalue weighted by Crippen LogP contribution is -2.43. The molecule has 0 fully saturated rings. The number of nitrogens with one attached hydrogen (secondary N) is 2. The van der Waals surface area contributed by atoms with Crippen LogP contribution in [0.15, 0.2) is 17.1 Å². The number of hydrogen-bond donors (Lipinski definition) is 2. The van der Waals surface area contributed by atoms with Gasteiger partial charge in [0.05, 0.1) is 18.9 Å². The summed E-state index contributed by atoms with van der Waals surface area (Å²) in [6.45, 7) is 1.91. The Morgan fingerprint density at radius 3 is 3.10 bits per heavy atom. The molecule has 0 aromatic heterocycles. The van der Waals surface area contributed by atoms with Gasteiger partial charge in [-0.25, -0.2) is 0 Å². The van der Waals surface area contributed by atoms with E-state index in [1.165, 1.54) is 0 Å². The molecule has 3 nitrogen and oxygen atoms in total. The molecule has 0 spiro atoms. The predicted molar refractivity (Wildman–Crippen MR) is 41.2 cm³/mol. The highest BCUT2D eigenvalue weighted by Crippen LogP contribution is 2.03. The monoisotopic (exact) mass is 137 g/mol. The highest BCUT2D eigenvalue weighted by Gasteiger charge is 2.21. The lowest BCUT2D eigenvalue weighted by molar-refractivity contribution is 0.525. The van der Waals surface area contributed by atoms with E-state index in [1.807, 2.05) is 0 Å². The first-order valence-corrected chi connectivity index (χ1v) is 3.61. The van der Waals surface area contributed by atoms with E-state index in [2.05, 4.69) is 27.8 Å². The minimum Gasteiger partial charge on any atom is -0.370 e. The van der Waals surface area contributed by atoms with Gasteiger partial charge in [-0.2, -0.15) is 0 Å². The third-order valence-electron chi connectivity index (χ3n) is 1.93. The fourth-order valence-corrected chi connectivity index (χ4v) is 1.35. The summed E-state index contributed by atoms with van der Waals surface area (Å²) in [5, 5.41) is 6.54. The molecule has 0 bridgehead atoms. The quantitative estimate of drug-likeness (QED) is 0.479. The van der Waals surface area contributed by atoms with E-state index in [1.54, 1.807) is 6.34 Å². The Labute approximate surface area is 60.2 Å². The molecule has 0 aromatic rings. The van der Waals surface area contributed by atoms with Gasteiger partial charge in [0.25, 0.3) is 0 Å². The van der Waals surface area contributed by atoms with Crippen molar-refractivity contribution in [2.75, 3.05) is 13.1 Å². The third-order valence-corrected chi connectivity index (χ3v) is 1.93. The molecular formula is C7H11N3. The van der Waals surface area contributed by atoms with Crippen molar-refractivity contribution >= 4 is 6.34 Å². The number of aliphatic imine (C=N–C) groups is 1. The highest BCUT2D eigenvalue weighted by atomic mass is 15.1. The number of hydrogen-bond acceptors (Lipinski definition) is 3. The van der Waals surface area contributed by atoms with E-state index >= 15 is 0 Å². The molecule has 0 radical (unpaired) electrons. The highest BCUT2D eigenvalue weighted by molar-refractivity contribution is 5.57. The van der Waals surface area contributed by atoms with Crippen molar-refractivity contribution in [3.8, 4) is 0 Å². The molecule has 0 aromatic carbocycles. The molecule has 0 saturated heterocycles. The van der Waals surface area contributed by atoms with Gasteiger partial charge in [-0.3, -0.25) is 4.99 Å². The minimum atomic E-state index is 0.485. The Bertz CT molecular complexity index is 166. The third kappa shape index (κ3) is 0.926. The van der Waals surface area contributed by atoms with E-state index in [0.717, 1.165) is 13.1 Å². The Hall–Kier alpha value is -0.830. The second-order valence-corrected chi connectivity index (χ2v) is 2.63.